The van der Waals surface area contributed by atoms with Gasteiger partial charge in [0.2, 0.25) is 11.8 Å². The fraction of sp³-hybridized carbons (Fsp3) is 0.625. The van der Waals surface area contributed by atoms with E-state index in [0.29, 0.717) is 5.57 Å². The molecule has 7 heteroatoms. The highest BCUT2D eigenvalue weighted by Crippen LogP contribution is 2.32. The zero-order valence-corrected chi connectivity index (χ0v) is 18.6. The maximum absolute atomic E-state index is 13.4. The van der Waals surface area contributed by atoms with Crippen molar-refractivity contribution in [2.75, 3.05) is 19.6 Å². The van der Waals surface area contributed by atoms with E-state index >= 15 is 0 Å². The van der Waals surface area contributed by atoms with E-state index in [1.807, 2.05) is 20.8 Å². The molecule has 31 heavy (non-hydrogen) atoms. The number of carboxylic acids is 1. The van der Waals surface area contributed by atoms with Crippen molar-refractivity contribution in [1.82, 2.24) is 9.80 Å². The fourth-order valence-electron chi connectivity index (χ4n) is 4.10. The van der Waals surface area contributed by atoms with E-state index in [1.54, 1.807) is 6.08 Å². The molecule has 1 aliphatic heterocycles. The number of carbonyl (C=O) groups is 3. The number of aliphatic carboxylic acids is 1. The third kappa shape index (κ3) is 5.76. The molecule has 0 aromatic heterocycles. The zero-order valence-electron chi connectivity index (χ0n) is 18.6. The Hall–Kier alpha value is -2.59. The number of amides is 2. The smallest absolute Gasteiger partial charge is 0.334 e. The molecule has 3 rings (SSSR count). The van der Waals surface area contributed by atoms with Gasteiger partial charge in [0.15, 0.2) is 0 Å². The molecule has 1 saturated heterocycles. The molecule has 2 aliphatic carbocycles. The van der Waals surface area contributed by atoms with Gasteiger partial charge >= 0.3 is 5.97 Å². The van der Waals surface area contributed by atoms with E-state index in [2.05, 4.69) is 11.8 Å². The average molecular weight is 429 g/mol. The van der Waals surface area contributed by atoms with Gasteiger partial charge in [0.1, 0.15) is 6.54 Å². The maximum Gasteiger partial charge on any atom is 0.334 e. The van der Waals surface area contributed by atoms with Crippen molar-refractivity contribution >= 4 is 17.8 Å². The second-order valence-electron chi connectivity index (χ2n) is 9.73. The van der Waals surface area contributed by atoms with Crippen LogP contribution in [0.4, 0.5) is 0 Å². The van der Waals surface area contributed by atoms with Crippen LogP contribution in [0.15, 0.2) is 22.9 Å². The first kappa shape index (κ1) is 23.1. The normalized spacial score (nSPS) is 20.0. The van der Waals surface area contributed by atoms with Gasteiger partial charge < -0.3 is 20.0 Å². The van der Waals surface area contributed by atoms with Gasteiger partial charge in [-0.2, -0.15) is 0 Å². The second-order valence-corrected chi connectivity index (χ2v) is 9.73. The van der Waals surface area contributed by atoms with E-state index in [4.69, 9.17) is 0 Å². The number of carboxylic acid groups (broad SMARTS) is 1. The zero-order chi connectivity index (χ0) is 22.8. The summed E-state index contributed by atoms with van der Waals surface area (Å²) in [5, 5.41) is 19.3. The molecular formula is C24H32N2O5. The summed E-state index contributed by atoms with van der Waals surface area (Å²) in [6, 6.07) is 0. The van der Waals surface area contributed by atoms with Crippen molar-refractivity contribution in [3.05, 3.63) is 22.9 Å². The van der Waals surface area contributed by atoms with Crippen LogP contribution in [-0.2, 0) is 14.4 Å². The van der Waals surface area contributed by atoms with E-state index < -0.39 is 12.1 Å². The van der Waals surface area contributed by atoms with Crippen molar-refractivity contribution < 1.29 is 24.6 Å². The first-order chi connectivity index (χ1) is 14.5. The van der Waals surface area contributed by atoms with Crippen molar-refractivity contribution in [3.8, 4) is 11.8 Å². The third-order valence-electron chi connectivity index (χ3n) is 5.86. The average Bonchev–Trinajstić information content (AvgIpc) is 3.12. The highest BCUT2D eigenvalue weighted by atomic mass is 16.4. The SMILES string of the molecule is CC(C)(C)C#CC1=CC(N(CC(=O)N2CC(O)C2)C(=O)C2CCCCC2)=C(C(=O)O)C1. The fourth-order valence-corrected chi connectivity index (χ4v) is 4.10. The summed E-state index contributed by atoms with van der Waals surface area (Å²) in [4.78, 5) is 41.0. The lowest BCUT2D eigenvalue weighted by Gasteiger charge is -2.38. The summed E-state index contributed by atoms with van der Waals surface area (Å²) in [6.07, 6.45) is 5.76. The Kier molecular flexibility index (Phi) is 6.90. The highest BCUT2D eigenvalue weighted by Gasteiger charge is 2.36. The van der Waals surface area contributed by atoms with Crippen molar-refractivity contribution in [2.24, 2.45) is 11.3 Å². The second kappa shape index (κ2) is 9.27. The van der Waals surface area contributed by atoms with Crippen molar-refractivity contribution in [1.29, 1.82) is 0 Å². The molecule has 2 amide bonds. The van der Waals surface area contributed by atoms with Crippen molar-refractivity contribution in [3.63, 3.8) is 0 Å². The number of hydrogen-bond acceptors (Lipinski definition) is 4. The molecule has 2 N–H and O–H groups in total. The molecule has 1 saturated carbocycles. The quantitative estimate of drug-likeness (QED) is 0.655. The molecule has 0 spiro atoms. The molecule has 7 nitrogen and oxygen atoms in total. The van der Waals surface area contributed by atoms with Gasteiger partial charge in [-0.15, -0.1) is 0 Å². The van der Waals surface area contributed by atoms with Crippen LogP contribution in [0, 0.1) is 23.2 Å². The summed E-state index contributed by atoms with van der Waals surface area (Å²) < 4.78 is 0. The summed E-state index contributed by atoms with van der Waals surface area (Å²) in [5.74, 6) is 4.38. The van der Waals surface area contributed by atoms with Gasteiger partial charge in [0.05, 0.1) is 17.4 Å². The summed E-state index contributed by atoms with van der Waals surface area (Å²) >= 11 is 0. The number of rotatable bonds is 5. The molecule has 1 heterocycles. The van der Waals surface area contributed by atoms with Gasteiger partial charge in [-0.3, -0.25) is 9.59 Å². The lowest BCUT2D eigenvalue weighted by atomic mass is 9.88. The van der Waals surface area contributed by atoms with Gasteiger partial charge in [-0.05, 0) is 39.7 Å². The molecule has 168 valence electrons. The summed E-state index contributed by atoms with van der Waals surface area (Å²) in [6.45, 7) is 6.19. The number of likely N-dealkylation sites (tertiary alicyclic amines) is 1. The molecule has 0 atom stereocenters. The van der Waals surface area contributed by atoms with Crippen LogP contribution < -0.4 is 0 Å². The molecule has 0 aromatic carbocycles. The molecule has 0 radical (unpaired) electrons. The van der Waals surface area contributed by atoms with E-state index in [1.165, 1.54) is 9.80 Å². The molecular weight excluding hydrogens is 396 g/mol. The Balaban J connectivity index is 1.92. The molecule has 3 aliphatic rings. The van der Waals surface area contributed by atoms with Crippen molar-refractivity contribution in [2.45, 2.75) is 65.4 Å². The molecule has 2 fully saturated rings. The van der Waals surface area contributed by atoms with Crippen LogP contribution in [0.3, 0.4) is 0 Å². The number of carbonyl (C=O) groups excluding carboxylic acids is 2. The number of aliphatic hydroxyl groups is 1. The minimum atomic E-state index is -1.10. The van der Waals surface area contributed by atoms with Crippen LogP contribution in [0.1, 0.15) is 59.3 Å². The number of nitrogens with zero attached hydrogens (tertiary/aromatic N) is 2. The lowest BCUT2D eigenvalue weighted by molar-refractivity contribution is -0.147. The lowest BCUT2D eigenvalue weighted by Crippen LogP contribution is -2.56. The minimum absolute atomic E-state index is 0.0961. The van der Waals surface area contributed by atoms with Gasteiger partial charge in [-0.1, -0.05) is 31.1 Å². The number of hydrogen-bond donors (Lipinski definition) is 2. The van der Waals surface area contributed by atoms with Crippen LogP contribution in [0.2, 0.25) is 0 Å². The Morgan fingerprint density at radius 1 is 1.16 bits per heavy atom. The largest absolute Gasteiger partial charge is 0.478 e. The van der Waals surface area contributed by atoms with E-state index in [0.717, 1.165) is 32.1 Å². The Morgan fingerprint density at radius 2 is 1.81 bits per heavy atom. The van der Waals surface area contributed by atoms with Crippen LogP contribution in [0.5, 0.6) is 0 Å². The van der Waals surface area contributed by atoms with Crippen LogP contribution in [-0.4, -0.2) is 63.5 Å². The maximum atomic E-state index is 13.4. The molecule has 0 aromatic rings. The minimum Gasteiger partial charge on any atom is -0.478 e. The Morgan fingerprint density at radius 3 is 2.35 bits per heavy atom. The third-order valence-corrected chi connectivity index (χ3v) is 5.86. The predicted molar refractivity (Wildman–Crippen MR) is 115 cm³/mol. The number of allylic oxidation sites excluding steroid dienone is 2. The van der Waals surface area contributed by atoms with Crippen LogP contribution in [0.25, 0.3) is 0 Å². The Labute approximate surface area is 183 Å². The monoisotopic (exact) mass is 428 g/mol. The number of aliphatic hydroxyl groups excluding tert-OH is 1. The summed E-state index contributed by atoms with van der Waals surface area (Å²) in [5.41, 5.74) is 0.768. The highest BCUT2D eigenvalue weighted by molar-refractivity contribution is 5.94. The topological polar surface area (TPSA) is 98.2 Å². The Bertz CT molecular complexity index is 872. The van der Waals surface area contributed by atoms with Gasteiger partial charge in [-0.25, -0.2) is 4.79 Å². The van der Waals surface area contributed by atoms with Crippen LogP contribution >= 0.6 is 0 Å². The standard InChI is InChI=1S/C24H32N2O5/c1-24(2,3)10-9-16-11-19(23(30)31)20(12-16)26(15-21(28)25-13-18(27)14-25)22(29)17-7-5-4-6-8-17/h12,17-18,27H,4-8,11,13-15H2,1-3H3,(H,30,31). The first-order valence-electron chi connectivity index (χ1n) is 11.0. The van der Waals surface area contributed by atoms with Gasteiger partial charge in [0, 0.05) is 36.4 Å². The van der Waals surface area contributed by atoms with E-state index in [-0.39, 0.29) is 60.5 Å². The number of β-amino-alcohol motifs (C(OH)–C–C–N with tert-alkyl or cyclic N) is 1. The van der Waals surface area contributed by atoms with E-state index in [9.17, 15) is 24.6 Å². The molecule has 0 unspecified atom stereocenters. The predicted octanol–water partition coefficient (Wildman–Crippen LogP) is 2.32. The molecule has 0 bridgehead atoms. The first-order valence-corrected chi connectivity index (χ1v) is 11.0. The summed E-state index contributed by atoms with van der Waals surface area (Å²) in [7, 11) is 0. The van der Waals surface area contributed by atoms with Gasteiger partial charge in [0.25, 0.3) is 0 Å².